The second-order valence-electron chi connectivity index (χ2n) is 5.11. The minimum absolute atomic E-state index is 0.289. The van der Waals surface area contributed by atoms with Crippen molar-refractivity contribution in [1.29, 1.82) is 0 Å². The Hall–Kier alpha value is -3.34. The van der Waals surface area contributed by atoms with Gasteiger partial charge in [-0.25, -0.2) is 9.59 Å². The van der Waals surface area contributed by atoms with E-state index in [1.807, 2.05) is 0 Å². The molecule has 0 saturated heterocycles. The zero-order valence-corrected chi connectivity index (χ0v) is 11.8. The molecule has 0 aliphatic rings. The molecule has 2 aromatic carbocycles. The standard InChI is InChI=1S/C18H10O5/c19-17(11-1-3-13-7-21-9-15(13)5-11)23-18(20)12-2-4-14-8-22-10-16(14)6-12/h1-10H. The lowest BCUT2D eigenvalue weighted by molar-refractivity contribution is 0.0398. The second kappa shape index (κ2) is 5.14. The number of furan rings is 2. The molecular formula is C18H10O5. The number of ether oxygens (including phenoxy) is 1. The summed E-state index contributed by atoms with van der Waals surface area (Å²) in [6.07, 6.45) is 6.22. The van der Waals surface area contributed by atoms with Crippen molar-refractivity contribution in [2.75, 3.05) is 0 Å². The van der Waals surface area contributed by atoms with Gasteiger partial charge in [0.2, 0.25) is 0 Å². The van der Waals surface area contributed by atoms with Crippen LogP contribution in [0.25, 0.3) is 21.5 Å². The summed E-state index contributed by atoms with van der Waals surface area (Å²) < 4.78 is 15.0. The number of fused-ring (bicyclic) bond motifs is 2. The van der Waals surface area contributed by atoms with Gasteiger partial charge in [0.05, 0.1) is 36.2 Å². The van der Waals surface area contributed by atoms with Gasteiger partial charge in [0.1, 0.15) is 0 Å². The summed E-state index contributed by atoms with van der Waals surface area (Å²) in [5.74, 6) is -1.41. The van der Waals surface area contributed by atoms with E-state index in [-0.39, 0.29) is 11.1 Å². The fourth-order valence-electron chi connectivity index (χ4n) is 2.39. The average molecular weight is 306 g/mol. The van der Waals surface area contributed by atoms with Crippen LogP contribution in [0, 0.1) is 0 Å². The van der Waals surface area contributed by atoms with Gasteiger partial charge in [0.25, 0.3) is 0 Å². The Morgan fingerprint density at radius 1 is 0.652 bits per heavy atom. The Bertz CT molecular complexity index is 954. The van der Waals surface area contributed by atoms with Gasteiger partial charge < -0.3 is 13.6 Å². The minimum atomic E-state index is -0.703. The predicted molar refractivity (Wildman–Crippen MR) is 82.2 cm³/mol. The van der Waals surface area contributed by atoms with E-state index in [1.165, 1.54) is 12.5 Å². The highest BCUT2D eigenvalue weighted by molar-refractivity contribution is 6.05. The first kappa shape index (κ1) is 13.3. The zero-order chi connectivity index (χ0) is 15.8. The SMILES string of the molecule is O=C(OC(=O)c1ccc2cocc2c1)c1ccc2cocc2c1. The molecule has 0 amide bonds. The Kier molecular flexibility index (Phi) is 2.98. The number of benzene rings is 2. The van der Waals surface area contributed by atoms with E-state index in [0.717, 1.165) is 21.5 Å². The number of esters is 2. The van der Waals surface area contributed by atoms with Crippen LogP contribution in [-0.4, -0.2) is 11.9 Å². The molecule has 5 nitrogen and oxygen atoms in total. The molecular weight excluding hydrogens is 296 g/mol. The van der Waals surface area contributed by atoms with E-state index < -0.39 is 11.9 Å². The highest BCUT2D eigenvalue weighted by atomic mass is 16.6. The van der Waals surface area contributed by atoms with Crippen LogP contribution in [0.3, 0.4) is 0 Å². The van der Waals surface area contributed by atoms with Crippen LogP contribution < -0.4 is 0 Å². The van der Waals surface area contributed by atoms with Gasteiger partial charge in [-0.05, 0) is 24.3 Å². The summed E-state index contributed by atoms with van der Waals surface area (Å²) in [5.41, 5.74) is 0.577. The molecule has 0 N–H and O–H groups in total. The van der Waals surface area contributed by atoms with Gasteiger partial charge in [0.15, 0.2) is 0 Å². The van der Waals surface area contributed by atoms with Crippen LogP contribution >= 0.6 is 0 Å². The van der Waals surface area contributed by atoms with Crippen molar-refractivity contribution in [3.63, 3.8) is 0 Å². The van der Waals surface area contributed by atoms with Crippen molar-refractivity contribution < 1.29 is 23.2 Å². The van der Waals surface area contributed by atoms with E-state index in [9.17, 15) is 9.59 Å². The average Bonchev–Trinajstić information content (AvgIpc) is 3.21. The summed E-state index contributed by atoms with van der Waals surface area (Å²) in [5, 5.41) is 3.29. The fourth-order valence-corrected chi connectivity index (χ4v) is 2.39. The van der Waals surface area contributed by atoms with Crippen molar-refractivity contribution in [2.45, 2.75) is 0 Å². The van der Waals surface area contributed by atoms with Gasteiger partial charge in [-0.2, -0.15) is 0 Å². The van der Waals surface area contributed by atoms with Gasteiger partial charge in [-0.3, -0.25) is 0 Å². The Labute approximate surface area is 130 Å². The third kappa shape index (κ3) is 2.38. The van der Waals surface area contributed by atoms with Gasteiger partial charge in [-0.15, -0.1) is 0 Å². The molecule has 112 valence electrons. The zero-order valence-electron chi connectivity index (χ0n) is 11.8. The maximum atomic E-state index is 12.1. The van der Waals surface area contributed by atoms with Crippen LogP contribution in [0.2, 0.25) is 0 Å². The summed E-state index contributed by atoms with van der Waals surface area (Å²) >= 11 is 0. The smallest absolute Gasteiger partial charge is 0.346 e. The van der Waals surface area contributed by atoms with E-state index in [1.54, 1.807) is 48.9 Å². The molecule has 4 rings (SSSR count). The van der Waals surface area contributed by atoms with Crippen molar-refractivity contribution in [3.05, 3.63) is 72.6 Å². The third-order valence-corrected chi connectivity index (χ3v) is 3.61. The van der Waals surface area contributed by atoms with Crippen LogP contribution in [0.5, 0.6) is 0 Å². The first-order valence-corrected chi connectivity index (χ1v) is 6.89. The van der Waals surface area contributed by atoms with Crippen molar-refractivity contribution in [1.82, 2.24) is 0 Å². The third-order valence-electron chi connectivity index (χ3n) is 3.61. The topological polar surface area (TPSA) is 69.7 Å². The minimum Gasteiger partial charge on any atom is -0.471 e. The van der Waals surface area contributed by atoms with Crippen molar-refractivity contribution in [3.8, 4) is 0 Å². The molecule has 0 saturated carbocycles. The number of hydrogen-bond donors (Lipinski definition) is 0. The largest absolute Gasteiger partial charge is 0.471 e. The first-order chi connectivity index (χ1) is 11.2. The Morgan fingerprint density at radius 3 is 1.57 bits per heavy atom. The quantitative estimate of drug-likeness (QED) is 0.410. The first-order valence-electron chi connectivity index (χ1n) is 6.89. The molecule has 0 bridgehead atoms. The molecule has 0 fully saturated rings. The van der Waals surface area contributed by atoms with E-state index >= 15 is 0 Å². The highest BCUT2D eigenvalue weighted by Gasteiger charge is 2.16. The van der Waals surface area contributed by atoms with E-state index in [2.05, 4.69) is 0 Å². The number of rotatable bonds is 2. The van der Waals surface area contributed by atoms with Crippen LogP contribution in [-0.2, 0) is 4.74 Å². The number of carbonyl (C=O) groups is 2. The van der Waals surface area contributed by atoms with E-state index in [4.69, 9.17) is 13.6 Å². The summed E-state index contributed by atoms with van der Waals surface area (Å²) in [6.45, 7) is 0. The summed E-state index contributed by atoms with van der Waals surface area (Å²) in [4.78, 5) is 24.2. The van der Waals surface area contributed by atoms with Crippen LogP contribution in [0.4, 0.5) is 0 Å². The fraction of sp³-hybridized carbons (Fsp3) is 0. The van der Waals surface area contributed by atoms with Crippen LogP contribution in [0.1, 0.15) is 20.7 Å². The molecule has 5 heteroatoms. The number of hydrogen-bond acceptors (Lipinski definition) is 5. The Morgan fingerprint density at radius 2 is 1.09 bits per heavy atom. The highest BCUT2D eigenvalue weighted by Crippen LogP contribution is 2.20. The Balaban J connectivity index is 1.58. The monoisotopic (exact) mass is 306 g/mol. The lowest BCUT2D eigenvalue weighted by Gasteiger charge is -2.03. The molecule has 0 aliphatic carbocycles. The van der Waals surface area contributed by atoms with Crippen molar-refractivity contribution in [2.24, 2.45) is 0 Å². The molecule has 2 heterocycles. The lowest BCUT2D eigenvalue weighted by atomic mass is 10.1. The van der Waals surface area contributed by atoms with Gasteiger partial charge in [-0.1, -0.05) is 12.1 Å². The summed E-state index contributed by atoms with van der Waals surface area (Å²) in [6, 6.07) is 9.88. The molecule has 0 atom stereocenters. The molecule has 0 aliphatic heterocycles. The maximum absolute atomic E-state index is 12.1. The molecule has 0 radical (unpaired) electrons. The van der Waals surface area contributed by atoms with Crippen LogP contribution in [0.15, 0.2) is 70.3 Å². The molecule has 2 aromatic heterocycles. The summed E-state index contributed by atoms with van der Waals surface area (Å²) in [7, 11) is 0. The molecule has 23 heavy (non-hydrogen) atoms. The second-order valence-corrected chi connectivity index (χ2v) is 5.11. The van der Waals surface area contributed by atoms with E-state index in [0.29, 0.717) is 0 Å². The molecule has 4 aromatic rings. The predicted octanol–water partition coefficient (Wildman–Crippen LogP) is 4.18. The van der Waals surface area contributed by atoms with Gasteiger partial charge >= 0.3 is 11.9 Å². The molecule has 0 unspecified atom stereocenters. The normalized spacial score (nSPS) is 11.0. The maximum Gasteiger partial charge on any atom is 0.346 e. The lowest BCUT2D eigenvalue weighted by Crippen LogP contribution is -2.12. The number of carbonyl (C=O) groups excluding carboxylic acids is 2. The van der Waals surface area contributed by atoms with Crippen molar-refractivity contribution >= 4 is 33.5 Å². The van der Waals surface area contributed by atoms with Gasteiger partial charge in [0, 0.05) is 21.5 Å². The molecule has 0 spiro atoms.